The number of ether oxygens (including phenoxy) is 1. The summed E-state index contributed by atoms with van der Waals surface area (Å²) in [6.45, 7) is 1.99. The van der Waals surface area contributed by atoms with Gasteiger partial charge in [0.1, 0.15) is 11.5 Å². The van der Waals surface area contributed by atoms with E-state index < -0.39 is 21.7 Å². The molecule has 1 aromatic carbocycles. The molecule has 1 fully saturated rings. The standard InChI is InChI=1S/C16H16FN3O4S/c1-10-6-12(4-5-13(10)17)25(22,23)20-16(21)14-7-19-15(8-18-14)24-9-11-2-3-11/h4-8,11H,2-3,9H2,1H3,(H,20,21). The molecule has 0 spiro atoms. The molecule has 7 nitrogen and oxygen atoms in total. The summed E-state index contributed by atoms with van der Waals surface area (Å²) < 4.78 is 44.9. The van der Waals surface area contributed by atoms with E-state index in [0.717, 1.165) is 37.2 Å². The normalized spacial score (nSPS) is 14.2. The molecule has 1 N–H and O–H groups in total. The minimum Gasteiger partial charge on any atom is -0.476 e. The van der Waals surface area contributed by atoms with E-state index in [9.17, 15) is 17.6 Å². The van der Waals surface area contributed by atoms with Crippen molar-refractivity contribution in [1.82, 2.24) is 14.7 Å². The largest absolute Gasteiger partial charge is 0.476 e. The van der Waals surface area contributed by atoms with Crippen molar-refractivity contribution in [3.63, 3.8) is 0 Å². The Hall–Kier alpha value is -2.55. The summed E-state index contributed by atoms with van der Waals surface area (Å²) in [7, 11) is -4.14. The monoisotopic (exact) mass is 365 g/mol. The summed E-state index contributed by atoms with van der Waals surface area (Å²) in [5.41, 5.74) is -0.00606. The number of amides is 1. The van der Waals surface area contributed by atoms with E-state index in [4.69, 9.17) is 4.74 Å². The first-order valence-corrected chi connectivity index (χ1v) is 9.11. The van der Waals surface area contributed by atoms with Gasteiger partial charge in [-0.1, -0.05) is 0 Å². The van der Waals surface area contributed by atoms with E-state index in [2.05, 4.69) is 9.97 Å². The Labute approximate surface area is 144 Å². The van der Waals surface area contributed by atoms with Gasteiger partial charge in [0.2, 0.25) is 5.88 Å². The van der Waals surface area contributed by atoms with E-state index in [1.807, 2.05) is 4.72 Å². The average Bonchev–Trinajstić information content (AvgIpc) is 3.40. The summed E-state index contributed by atoms with van der Waals surface area (Å²) in [5, 5.41) is 0. The first-order valence-electron chi connectivity index (χ1n) is 7.63. The van der Waals surface area contributed by atoms with Crippen LogP contribution >= 0.6 is 0 Å². The number of rotatable bonds is 6. The average molecular weight is 365 g/mol. The third-order valence-corrected chi connectivity index (χ3v) is 5.02. The molecule has 1 saturated carbocycles. The zero-order chi connectivity index (χ0) is 18.0. The van der Waals surface area contributed by atoms with Crippen LogP contribution in [0.2, 0.25) is 0 Å². The highest BCUT2D eigenvalue weighted by molar-refractivity contribution is 7.90. The molecule has 1 aliphatic carbocycles. The van der Waals surface area contributed by atoms with Crippen LogP contribution in [0.15, 0.2) is 35.5 Å². The lowest BCUT2D eigenvalue weighted by molar-refractivity contribution is 0.0976. The van der Waals surface area contributed by atoms with Crippen molar-refractivity contribution in [3.8, 4) is 5.88 Å². The maximum Gasteiger partial charge on any atom is 0.285 e. The molecule has 0 radical (unpaired) electrons. The number of hydrogen-bond acceptors (Lipinski definition) is 6. The Balaban J connectivity index is 1.68. The van der Waals surface area contributed by atoms with Gasteiger partial charge in [0.25, 0.3) is 15.9 Å². The summed E-state index contributed by atoms with van der Waals surface area (Å²) in [4.78, 5) is 19.7. The molecule has 0 aliphatic heterocycles. The Bertz CT molecular complexity index is 896. The highest BCUT2D eigenvalue weighted by Crippen LogP contribution is 2.29. The van der Waals surface area contributed by atoms with Crippen molar-refractivity contribution in [2.24, 2.45) is 5.92 Å². The number of aromatic nitrogens is 2. The van der Waals surface area contributed by atoms with Crippen molar-refractivity contribution >= 4 is 15.9 Å². The third kappa shape index (κ3) is 4.30. The first-order chi connectivity index (χ1) is 11.8. The van der Waals surface area contributed by atoms with Crippen LogP contribution in [0.25, 0.3) is 0 Å². The number of halogens is 1. The smallest absolute Gasteiger partial charge is 0.285 e. The van der Waals surface area contributed by atoms with E-state index in [0.29, 0.717) is 12.5 Å². The van der Waals surface area contributed by atoms with Crippen LogP contribution in [-0.4, -0.2) is 30.9 Å². The van der Waals surface area contributed by atoms with Gasteiger partial charge in [-0.3, -0.25) is 4.79 Å². The van der Waals surface area contributed by atoms with Crippen molar-refractivity contribution in [2.75, 3.05) is 6.61 Å². The van der Waals surface area contributed by atoms with Gasteiger partial charge in [0, 0.05) is 0 Å². The maximum atomic E-state index is 13.3. The van der Waals surface area contributed by atoms with E-state index in [1.54, 1.807) is 0 Å². The van der Waals surface area contributed by atoms with Gasteiger partial charge in [-0.05, 0) is 49.4 Å². The van der Waals surface area contributed by atoms with E-state index >= 15 is 0 Å². The Morgan fingerprint density at radius 3 is 2.68 bits per heavy atom. The summed E-state index contributed by atoms with van der Waals surface area (Å²) in [6, 6.07) is 3.25. The molecule has 0 atom stereocenters. The van der Waals surface area contributed by atoms with Gasteiger partial charge >= 0.3 is 0 Å². The molecule has 9 heteroatoms. The van der Waals surface area contributed by atoms with Crippen LogP contribution < -0.4 is 9.46 Å². The zero-order valence-corrected chi connectivity index (χ0v) is 14.2. The molecule has 0 bridgehead atoms. The number of hydrogen-bond donors (Lipinski definition) is 1. The molecule has 0 saturated heterocycles. The van der Waals surface area contributed by atoms with Crippen molar-refractivity contribution in [3.05, 3.63) is 47.7 Å². The molecule has 2 aromatic rings. The van der Waals surface area contributed by atoms with E-state index in [1.165, 1.54) is 13.1 Å². The second-order valence-corrected chi connectivity index (χ2v) is 7.52. The molecule has 1 aromatic heterocycles. The van der Waals surface area contributed by atoms with Crippen LogP contribution in [-0.2, 0) is 10.0 Å². The fourth-order valence-corrected chi connectivity index (χ4v) is 3.06. The molecule has 1 aliphatic rings. The Morgan fingerprint density at radius 2 is 2.08 bits per heavy atom. The molecular formula is C16H16FN3O4S. The molecular weight excluding hydrogens is 349 g/mol. The first kappa shape index (κ1) is 17.3. The minimum absolute atomic E-state index is 0.160. The lowest BCUT2D eigenvalue weighted by Crippen LogP contribution is -2.31. The minimum atomic E-state index is -4.14. The van der Waals surface area contributed by atoms with Gasteiger partial charge in [-0.2, -0.15) is 0 Å². The Kier molecular flexibility index (Phi) is 4.67. The second-order valence-electron chi connectivity index (χ2n) is 5.84. The van der Waals surface area contributed by atoms with Crippen LogP contribution in [0.1, 0.15) is 28.9 Å². The lowest BCUT2D eigenvalue weighted by Gasteiger charge is -2.08. The summed E-state index contributed by atoms with van der Waals surface area (Å²) >= 11 is 0. The summed E-state index contributed by atoms with van der Waals surface area (Å²) in [6.07, 6.45) is 4.68. The van der Waals surface area contributed by atoms with Crippen molar-refractivity contribution in [2.45, 2.75) is 24.7 Å². The fourth-order valence-electron chi connectivity index (χ4n) is 2.01. The number of carbonyl (C=O) groups is 1. The second kappa shape index (κ2) is 6.75. The van der Waals surface area contributed by atoms with Crippen molar-refractivity contribution in [1.29, 1.82) is 0 Å². The Morgan fingerprint density at radius 1 is 1.32 bits per heavy atom. The molecule has 1 amide bonds. The lowest BCUT2D eigenvalue weighted by atomic mass is 10.2. The van der Waals surface area contributed by atoms with Crippen LogP contribution in [0, 0.1) is 18.7 Å². The topological polar surface area (TPSA) is 98.2 Å². The molecule has 132 valence electrons. The van der Waals surface area contributed by atoms with Gasteiger partial charge < -0.3 is 4.74 Å². The van der Waals surface area contributed by atoms with Crippen LogP contribution in [0.3, 0.4) is 0 Å². The molecule has 3 rings (SSSR count). The van der Waals surface area contributed by atoms with Gasteiger partial charge in [-0.15, -0.1) is 0 Å². The van der Waals surface area contributed by atoms with Crippen molar-refractivity contribution < 1.29 is 22.3 Å². The third-order valence-electron chi connectivity index (χ3n) is 3.69. The number of aryl methyl sites for hydroxylation is 1. The number of sulfonamides is 1. The zero-order valence-electron chi connectivity index (χ0n) is 13.4. The number of nitrogens with zero attached hydrogens (tertiary/aromatic N) is 2. The quantitative estimate of drug-likeness (QED) is 0.839. The predicted octanol–water partition coefficient (Wildman–Crippen LogP) is 1.83. The number of carbonyl (C=O) groups excluding carboxylic acids is 1. The molecule has 1 heterocycles. The number of benzene rings is 1. The fraction of sp³-hybridized carbons (Fsp3) is 0.312. The highest BCUT2D eigenvalue weighted by atomic mass is 32.2. The van der Waals surface area contributed by atoms with Gasteiger partial charge in [0.05, 0.1) is 23.9 Å². The van der Waals surface area contributed by atoms with Gasteiger partial charge in [0.15, 0.2) is 0 Å². The SMILES string of the molecule is Cc1cc(S(=O)(=O)NC(=O)c2cnc(OCC3CC3)cn2)ccc1F. The van der Waals surface area contributed by atoms with Crippen LogP contribution in [0.5, 0.6) is 5.88 Å². The highest BCUT2D eigenvalue weighted by Gasteiger charge is 2.23. The van der Waals surface area contributed by atoms with Crippen LogP contribution in [0.4, 0.5) is 4.39 Å². The van der Waals surface area contributed by atoms with E-state index in [-0.39, 0.29) is 22.0 Å². The maximum absolute atomic E-state index is 13.3. The molecule has 25 heavy (non-hydrogen) atoms. The number of nitrogens with one attached hydrogen (secondary N) is 1. The summed E-state index contributed by atoms with van der Waals surface area (Å²) in [5.74, 6) is -0.629. The van der Waals surface area contributed by atoms with Gasteiger partial charge in [-0.25, -0.2) is 27.5 Å². The molecule has 0 unspecified atom stereocenters. The predicted molar refractivity (Wildman–Crippen MR) is 86.0 cm³/mol.